The minimum Gasteiger partial charge on any atom is -0.348 e. The molecule has 0 spiro atoms. The number of hydrogen-bond acceptors (Lipinski definition) is 2. The number of nitrogens with one attached hydrogen (secondary N) is 2. The average molecular weight is 206 g/mol. The minimum atomic E-state index is -2.89. The number of carbonyl (C=O) groups is 1. The predicted octanol–water partition coefficient (Wildman–Crippen LogP) is 0.898. The Hall–Kier alpha value is -0.710. The summed E-state index contributed by atoms with van der Waals surface area (Å²) in [6, 6.07) is 0.399. The van der Waals surface area contributed by atoms with Crippen LogP contribution in [0.1, 0.15) is 25.7 Å². The van der Waals surface area contributed by atoms with Gasteiger partial charge in [-0.15, -0.1) is 0 Å². The van der Waals surface area contributed by atoms with Crippen LogP contribution < -0.4 is 10.6 Å². The lowest BCUT2D eigenvalue weighted by Gasteiger charge is -2.28. The van der Waals surface area contributed by atoms with Gasteiger partial charge in [0, 0.05) is 12.1 Å². The fourth-order valence-electron chi connectivity index (χ4n) is 1.79. The van der Waals surface area contributed by atoms with Crippen molar-refractivity contribution in [3.8, 4) is 0 Å². The molecule has 0 aromatic heterocycles. The molecule has 0 saturated heterocycles. The summed E-state index contributed by atoms with van der Waals surface area (Å²) in [6.07, 6.45) is 0.542. The molecule has 1 saturated carbocycles. The second-order valence-electron chi connectivity index (χ2n) is 3.65. The van der Waals surface area contributed by atoms with Crippen LogP contribution in [0.25, 0.3) is 0 Å². The van der Waals surface area contributed by atoms with Gasteiger partial charge in [0.1, 0.15) is 0 Å². The Morgan fingerprint density at radius 1 is 1.21 bits per heavy atom. The van der Waals surface area contributed by atoms with E-state index in [1.807, 2.05) is 7.05 Å². The first-order valence-electron chi connectivity index (χ1n) is 4.89. The Morgan fingerprint density at radius 3 is 2.14 bits per heavy atom. The molecule has 0 heterocycles. The summed E-state index contributed by atoms with van der Waals surface area (Å²) in [5.41, 5.74) is 0. The molecular formula is C9H16F2N2O. The molecule has 82 valence electrons. The molecule has 0 aliphatic heterocycles. The summed E-state index contributed by atoms with van der Waals surface area (Å²) < 4.78 is 23.8. The van der Waals surface area contributed by atoms with E-state index in [9.17, 15) is 13.6 Å². The van der Waals surface area contributed by atoms with Crippen molar-refractivity contribution in [2.24, 2.45) is 0 Å². The highest BCUT2D eigenvalue weighted by Gasteiger charge is 2.24. The molecule has 1 aliphatic rings. The molecule has 1 fully saturated rings. The second kappa shape index (κ2) is 5.24. The van der Waals surface area contributed by atoms with E-state index in [0.29, 0.717) is 6.04 Å². The topological polar surface area (TPSA) is 41.1 Å². The second-order valence-corrected chi connectivity index (χ2v) is 3.65. The fourth-order valence-corrected chi connectivity index (χ4v) is 1.79. The first kappa shape index (κ1) is 11.4. The Labute approximate surface area is 82.2 Å². The minimum absolute atomic E-state index is 0.0684. The van der Waals surface area contributed by atoms with Gasteiger partial charge in [0.05, 0.1) is 0 Å². The zero-order valence-corrected chi connectivity index (χ0v) is 8.22. The molecule has 0 bridgehead atoms. The van der Waals surface area contributed by atoms with Gasteiger partial charge in [0.15, 0.2) is 0 Å². The summed E-state index contributed by atoms with van der Waals surface area (Å²) in [7, 11) is 1.89. The predicted molar refractivity (Wildman–Crippen MR) is 49.3 cm³/mol. The number of alkyl halides is 2. The van der Waals surface area contributed by atoms with Crippen LogP contribution in [0.3, 0.4) is 0 Å². The van der Waals surface area contributed by atoms with E-state index in [0.717, 1.165) is 25.7 Å². The van der Waals surface area contributed by atoms with Crippen LogP contribution in [0.2, 0.25) is 0 Å². The molecule has 0 radical (unpaired) electrons. The van der Waals surface area contributed by atoms with Gasteiger partial charge in [-0.3, -0.25) is 4.79 Å². The largest absolute Gasteiger partial charge is 0.348 e. The van der Waals surface area contributed by atoms with Crippen molar-refractivity contribution in [3.05, 3.63) is 0 Å². The van der Waals surface area contributed by atoms with Crippen molar-refractivity contribution >= 4 is 5.91 Å². The zero-order valence-electron chi connectivity index (χ0n) is 8.22. The van der Waals surface area contributed by atoms with Crippen molar-refractivity contribution in [2.75, 3.05) is 7.05 Å². The Kier molecular flexibility index (Phi) is 4.25. The highest BCUT2D eigenvalue weighted by Crippen LogP contribution is 2.18. The molecule has 0 atom stereocenters. The lowest BCUT2D eigenvalue weighted by atomic mass is 9.91. The van der Waals surface area contributed by atoms with E-state index in [-0.39, 0.29) is 6.04 Å². The molecule has 3 nitrogen and oxygen atoms in total. The number of carbonyl (C=O) groups excluding carboxylic acids is 1. The lowest BCUT2D eigenvalue weighted by Crippen LogP contribution is -2.43. The number of amides is 1. The van der Waals surface area contributed by atoms with Crippen LogP contribution in [0, 0.1) is 0 Å². The summed E-state index contributed by atoms with van der Waals surface area (Å²) in [4.78, 5) is 10.7. The quantitative estimate of drug-likeness (QED) is 0.720. The average Bonchev–Trinajstić information content (AvgIpc) is 2.19. The first-order valence-corrected chi connectivity index (χ1v) is 4.89. The molecule has 1 aliphatic carbocycles. The van der Waals surface area contributed by atoms with Gasteiger partial charge in [-0.2, -0.15) is 8.78 Å². The molecule has 2 N–H and O–H groups in total. The zero-order chi connectivity index (χ0) is 10.6. The third-order valence-corrected chi connectivity index (χ3v) is 2.68. The normalized spacial score (nSPS) is 27.7. The SMILES string of the molecule is CNC1CCC(NC(=O)C(F)F)CC1. The molecule has 14 heavy (non-hydrogen) atoms. The van der Waals surface area contributed by atoms with E-state index < -0.39 is 12.3 Å². The van der Waals surface area contributed by atoms with Gasteiger partial charge in [-0.25, -0.2) is 0 Å². The van der Waals surface area contributed by atoms with Gasteiger partial charge in [-0.05, 0) is 32.7 Å². The van der Waals surface area contributed by atoms with Crippen molar-refractivity contribution in [3.63, 3.8) is 0 Å². The third-order valence-electron chi connectivity index (χ3n) is 2.68. The molecule has 0 unspecified atom stereocenters. The van der Waals surface area contributed by atoms with Crippen LogP contribution in [0.15, 0.2) is 0 Å². The maximum absolute atomic E-state index is 11.9. The Bertz CT molecular complexity index is 191. The Balaban J connectivity index is 2.25. The van der Waals surface area contributed by atoms with Crippen LogP contribution in [-0.2, 0) is 4.79 Å². The van der Waals surface area contributed by atoms with Crippen molar-refractivity contribution in [2.45, 2.75) is 44.2 Å². The van der Waals surface area contributed by atoms with Crippen molar-refractivity contribution in [1.29, 1.82) is 0 Å². The summed E-state index contributed by atoms with van der Waals surface area (Å²) >= 11 is 0. The lowest BCUT2D eigenvalue weighted by molar-refractivity contribution is -0.132. The van der Waals surface area contributed by atoms with Gasteiger partial charge in [-0.1, -0.05) is 0 Å². The van der Waals surface area contributed by atoms with Gasteiger partial charge in [0.2, 0.25) is 0 Å². The smallest absolute Gasteiger partial charge is 0.315 e. The molecule has 1 amide bonds. The maximum Gasteiger partial charge on any atom is 0.315 e. The molecule has 5 heteroatoms. The fraction of sp³-hybridized carbons (Fsp3) is 0.889. The third kappa shape index (κ3) is 3.21. The molecule has 1 rings (SSSR count). The number of hydrogen-bond donors (Lipinski definition) is 2. The van der Waals surface area contributed by atoms with E-state index in [1.165, 1.54) is 0 Å². The van der Waals surface area contributed by atoms with Gasteiger partial charge in [0.25, 0.3) is 5.91 Å². The standard InChI is InChI=1S/C9H16F2N2O/c1-12-6-2-4-7(5-3-6)13-9(14)8(10)11/h6-8,12H,2-5H2,1H3,(H,13,14). The molecule has 0 aromatic rings. The van der Waals surface area contributed by atoms with Crippen LogP contribution in [0.5, 0.6) is 0 Å². The maximum atomic E-state index is 11.9. The van der Waals surface area contributed by atoms with E-state index >= 15 is 0 Å². The van der Waals surface area contributed by atoms with Gasteiger partial charge < -0.3 is 10.6 Å². The van der Waals surface area contributed by atoms with E-state index in [4.69, 9.17) is 0 Å². The summed E-state index contributed by atoms with van der Waals surface area (Å²) in [6.45, 7) is 0. The van der Waals surface area contributed by atoms with Gasteiger partial charge >= 0.3 is 6.43 Å². The molecule has 0 aromatic carbocycles. The van der Waals surface area contributed by atoms with E-state index in [1.54, 1.807) is 0 Å². The number of halogens is 2. The molecular weight excluding hydrogens is 190 g/mol. The summed E-state index contributed by atoms with van der Waals surface area (Å²) in [5.74, 6) is -1.14. The van der Waals surface area contributed by atoms with Crippen LogP contribution >= 0.6 is 0 Å². The highest BCUT2D eigenvalue weighted by molar-refractivity contribution is 5.79. The first-order chi connectivity index (χ1) is 6.63. The van der Waals surface area contributed by atoms with Crippen molar-refractivity contribution in [1.82, 2.24) is 10.6 Å². The van der Waals surface area contributed by atoms with Crippen LogP contribution in [-0.4, -0.2) is 31.5 Å². The number of rotatable bonds is 3. The highest BCUT2D eigenvalue weighted by atomic mass is 19.3. The van der Waals surface area contributed by atoms with E-state index in [2.05, 4.69) is 10.6 Å². The monoisotopic (exact) mass is 206 g/mol. The Morgan fingerprint density at radius 2 is 1.71 bits per heavy atom. The van der Waals surface area contributed by atoms with Crippen molar-refractivity contribution < 1.29 is 13.6 Å². The van der Waals surface area contributed by atoms with Crippen LogP contribution in [0.4, 0.5) is 8.78 Å². The summed E-state index contributed by atoms with van der Waals surface area (Å²) in [5, 5.41) is 5.49.